The van der Waals surface area contributed by atoms with Crippen molar-refractivity contribution >= 4 is 5.91 Å². The number of hydrogen-bond donors (Lipinski definition) is 1. The predicted molar refractivity (Wildman–Crippen MR) is 101 cm³/mol. The fourth-order valence-corrected chi connectivity index (χ4v) is 2.59. The fourth-order valence-electron chi connectivity index (χ4n) is 2.59. The highest BCUT2D eigenvalue weighted by Gasteiger charge is 2.24. The quantitative estimate of drug-likeness (QED) is 0.700. The first kappa shape index (κ1) is 19.9. The molecule has 2 aromatic carbocycles. The van der Waals surface area contributed by atoms with Gasteiger partial charge in [-0.05, 0) is 43.7 Å². The highest BCUT2D eigenvalue weighted by atomic mass is 16.5. The third kappa shape index (κ3) is 5.31. The summed E-state index contributed by atoms with van der Waals surface area (Å²) in [5, 5.41) is 10.5. The molecule has 0 aliphatic heterocycles. The zero-order chi connectivity index (χ0) is 18.9. The lowest BCUT2D eigenvalue weighted by atomic mass is 10.0. The third-order valence-corrected chi connectivity index (χ3v) is 4.33. The van der Waals surface area contributed by atoms with Crippen LogP contribution in [-0.2, 0) is 4.74 Å². The number of ether oxygens (including phenoxy) is 2. The molecular formula is C21H27NO4. The molecule has 5 nitrogen and oxygen atoms in total. The zero-order valence-corrected chi connectivity index (χ0v) is 15.6. The smallest absolute Gasteiger partial charge is 0.253 e. The summed E-state index contributed by atoms with van der Waals surface area (Å²) in [6.45, 7) is 5.44. The van der Waals surface area contributed by atoms with Crippen molar-refractivity contribution in [2.75, 3.05) is 26.9 Å². The van der Waals surface area contributed by atoms with Gasteiger partial charge in [0.2, 0.25) is 0 Å². The minimum Gasteiger partial charge on any atom is -0.491 e. The molecule has 0 heterocycles. The highest BCUT2D eigenvalue weighted by molar-refractivity contribution is 5.94. The topological polar surface area (TPSA) is 59.0 Å². The molecule has 0 spiro atoms. The van der Waals surface area contributed by atoms with Crippen molar-refractivity contribution in [3.05, 3.63) is 65.7 Å². The molecule has 2 aromatic rings. The van der Waals surface area contributed by atoms with Crippen LogP contribution in [-0.4, -0.2) is 48.8 Å². The Bertz CT molecular complexity index is 672. The SMILES string of the molecule is CCOCCOc1ccc(C(=O)N(C)C(C)C(O)c2ccccc2)cc1. The first-order chi connectivity index (χ1) is 12.5. The minimum absolute atomic E-state index is 0.145. The van der Waals surface area contributed by atoms with Crippen LogP contribution in [0.5, 0.6) is 5.75 Å². The number of benzene rings is 2. The molecule has 5 heteroatoms. The maximum absolute atomic E-state index is 12.7. The maximum atomic E-state index is 12.7. The molecule has 26 heavy (non-hydrogen) atoms. The highest BCUT2D eigenvalue weighted by Crippen LogP contribution is 2.22. The van der Waals surface area contributed by atoms with Crippen LogP contribution >= 0.6 is 0 Å². The maximum Gasteiger partial charge on any atom is 0.253 e. The number of likely N-dealkylation sites (N-methyl/N-ethyl adjacent to an activating group) is 1. The van der Waals surface area contributed by atoms with Crippen molar-refractivity contribution in [1.82, 2.24) is 4.90 Å². The van der Waals surface area contributed by atoms with Gasteiger partial charge in [0.25, 0.3) is 5.91 Å². The van der Waals surface area contributed by atoms with Crippen LogP contribution in [0.2, 0.25) is 0 Å². The Kier molecular flexibility index (Phi) is 7.63. The van der Waals surface area contributed by atoms with Crippen molar-refractivity contribution in [2.45, 2.75) is 26.0 Å². The van der Waals surface area contributed by atoms with Crippen LogP contribution < -0.4 is 4.74 Å². The summed E-state index contributed by atoms with van der Waals surface area (Å²) in [5.41, 5.74) is 1.34. The lowest BCUT2D eigenvalue weighted by Crippen LogP contribution is -2.39. The van der Waals surface area contributed by atoms with Gasteiger partial charge in [0, 0.05) is 19.2 Å². The Balaban J connectivity index is 1.96. The van der Waals surface area contributed by atoms with Crippen molar-refractivity contribution in [2.24, 2.45) is 0 Å². The Morgan fingerprint density at radius 2 is 1.73 bits per heavy atom. The summed E-state index contributed by atoms with van der Waals surface area (Å²) >= 11 is 0. The van der Waals surface area contributed by atoms with Gasteiger partial charge in [0.1, 0.15) is 12.4 Å². The van der Waals surface area contributed by atoms with Crippen molar-refractivity contribution in [1.29, 1.82) is 0 Å². The molecule has 2 unspecified atom stereocenters. The number of amides is 1. The summed E-state index contributed by atoms with van der Waals surface area (Å²) in [6, 6.07) is 16.0. The van der Waals surface area contributed by atoms with E-state index in [1.165, 1.54) is 0 Å². The summed E-state index contributed by atoms with van der Waals surface area (Å²) in [6.07, 6.45) is -0.744. The number of hydrogen-bond acceptors (Lipinski definition) is 4. The molecular weight excluding hydrogens is 330 g/mol. The van der Waals surface area contributed by atoms with Crippen LogP contribution in [0.15, 0.2) is 54.6 Å². The minimum atomic E-state index is -0.744. The van der Waals surface area contributed by atoms with Gasteiger partial charge in [-0.15, -0.1) is 0 Å². The summed E-state index contributed by atoms with van der Waals surface area (Å²) in [5.74, 6) is 0.551. The van der Waals surface area contributed by atoms with Crippen LogP contribution in [0, 0.1) is 0 Å². The van der Waals surface area contributed by atoms with E-state index in [2.05, 4.69) is 0 Å². The number of nitrogens with zero attached hydrogens (tertiary/aromatic N) is 1. The number of rotatable bonds is 9. The first-order valence-corrected chi connectivity index (χ1v) is 8.85. The largest absolute Gasteiger partial charge is 0.491 e. The normalized spacial score (nSPS) is 13.1. The van der Waals surface area contributed by atoms with Gasteiger partial charge in [0.05, 0.1) is 18.8 Å². The Morgan fingerprint density at radius 3 is 2.35 bits per heavy atom. The van der Waals surface area contributed by atoms with Gasteiger partial charge < -0.3 is 19.5 Å². The molecule has 2 atom stereocenters. The van der Waals surface area contributed by atoms with E-state index in [-0.39, 0.29) is 11.9 Å². The van der Waals surface area contributed by atoms with E-state index in [1.807, 2.05) is 44.2 Å². The second kappa shape index (κ2) is 9.94. The Morgan fingerprint density at radius 1 is 1.08 bits per heavy atom. The molecule has 0 radical (unpaired) electrons. The van der Waals surface area contributed by atoms with Crippen molar-refractivity contribution in [3.63, 3.8) is 0 Å². The van der Waals surface area contributed by atoms with Crippen LogP contribution in [0.1, 0.15) is 35.9 Å². The van der Waals surface area contributed by atoms with E-state index >= 15 is 0 Å². The van der Waals surface area contributed by atoms with Crippen LogP contribution in [0.25, 0.3) is 0 Å². The summed E-state index contributed by atoms with van der Waals surface area (Å²) in [4.78, 5) is 14.2. The predicted octanol–water partition coefficient (Wildman–Crippen LogP) is 3.30. The fraction of sp³-hybridized carbons (Fsp3) is 0.381. The Hall–Kier alpha value is -2.37. The standard InChI is InChI=1S/C21H27NO4/c1-4-25-14-15-26-19-12-10-18(11-13-19)21(24)22(3)16(2)20(23)17-8-6-5-7-9-17/h5-13,16,20,23H,4,14-15H2,1-3H3. The number of carbonyl (C=O) groups excluding carboxylic acids is 1. The second-order valence-electron chi connectivity index (χ2n) is 6.08. The number of aliphatic hydroxyl groups is 1. The van der Waals surface area contributed by atoms with E-state index in [0.717, 1.165) is 5.56 Å². The molecule has 0 fully saturated rings. The van der Waals surface area contributed by atoms with Gasteiger partial charge in [-0.1, -0.05) is 30.3 Å². The van der Waals surface area contributed by atoms with Crippen LogP contribution in [0.4, 0.5) is 0 Å². The van der Waals surface area contributed by atoms with Crippen molar-refractivity contribution < 1.29 is 19.4 Å². The molecule has 0 saturated heterocycles. The summed E-state index contributed by atoms with van der Waals surface area (Å²) < 4.78 is 10.8. The van der Waals surface area contributed by atoms with E-state index in [4.69, 9.17) is 9.47 Å². The monoisotopic (exact) mass is 357 g/mol. The van der Waals surface area contributed by atoms with Crippen molar-refractivity contribution in [3.8, 4) is 5.75 Å². The molecule has 0 aliphatic carbocycles. The van der Waals surface area contributed by atoms with E-state index < -0.39 is 6.10 Å². The van der Waals surface area contributed by atoms with Gasteiger partial charge >= 0.3 is 0 Å². The van der Waals surface area contributed by atoms with Gasteiger partial charge in [-0.2, -0.15) is 0 Å². The first-order valence-electron chi connectivity index (χ1n) is 8.85. The Labute approximate surface area is 155 Å². The molecule has 1 N–H and O–H groups in total. The summed E-state index contributed by atoms with van der Waals surface area (Å²) in [7, 11) is 1.70. The van der Waals surface area contributed by atoms with Crippen LogP contribution in [0.3, 0.4) is 0 Å². The molecule has 0 aliphatic rings. The average molecular weight is 357 g/mol. The lowest BCUT2D eigenvalue weighted by Gasteiger charge is -2.29. The van der Waals surface area contributed by atoms with E-state index in [0.29, 0.717) is 31.1 Å². The van der Waals surface area contributed by atoms with Gasteiger partial charge in [-0.25, -0.2) is 0 Å². The van der Waals surface area contributed by atoms with Gasteiger partial charge in [0.15, 0.2) is 0 Å². The van der Waals surface area contributed by atoms with E-state index in [1.54, 1.807) is 36.2 Å². The molecule has 0 saturated carbocycles. The number of aliphatic hydroxyl groups excluding tert-OH is 1. The average Bonchev–Trinajstić information content (AvgIpc) is 2.70. The number of carbonyl (C=O) groups is 1. The molecule has 140 valence electrons. The third-order valence-electron chi connectivity index (χ3n) is 4.33. The molecule has 0 aromatic heterocycles. The second-order valence-corrected chi connectivity index (χ2v) is 6.08. The molecule has 1 amide bonds. The van der Waals surface area contributed by atoms with E-state index in [9.17, 15) is 9.90 Å². The molecule has 0 bridgehead atoms. The zero-order valence-electron chi connectivity index (χ0n) is 15.6. The molecule has 2 rings (SSSR count). The van der Waals surface area contributed by atoms with Gasteiger partial charge in [-0.3, -0.25) is 4.79 Å². The lowest BCUT2D eigenvalue weighted by molar-refractivity contribution is 0.0487.